The van der Waals surface area contributed by atoms with Crippen molar-refractivity contribution in [2.24, 2.45) is 17.8 Å². The van der Waals surface area contributed by atoms with Crippen LogP contribution in [0, 0.1) is 17.8 Å². The average Bonchev–Trinajstić information content (AvgIpc) is 3.67. The van der Waals surface area contributed by atoms with Crippen LogP contribution in [0.5, 0.6) is 0 Å². The fraction of sp³-hybridized carbons (Fsp3) is 1.00. The molecule has 7 heteroatoms. The van der Waals surface area contributed by atoms with E-state index in [-0.39, 0.29) is 5.60 Å². The van der Waals surface area contributed by atoms with Crippen molar-refractivity contribution in [1.82, 2.24) is 0 Å². The predicted octanol–water partition coefficient (Wildman–Crippen LogP) is 3.70. The van der Waals surface area contributed by atoms with Crippen molar-refractivity contribution in [3.05, 3.63) is 0 Å². The Labute approximate surface area is 181 Å². The molecule has 3 saturated carbocycles. The Morgan fingerprint density at radius 2 is 1.07 bits per heavy atom. The lowest BCUT2D eigenvalue weighted by Gasteiger charge is -2.55. The molecule has 30 heavy (non-hydrogen) atoms. The molecule has 3 heterocycles. The van der Waals surface area contributed by atoms with Gasteiger partial charge in [-0.1, -0.05) is 6.92 Å². The van der Waals surface area contributed by atoms with Gasteiger partial charge in [0.25, 0.3) is 0 Å². The van der Waals surface area contributed by atoms with E-state index in [1.165, 1.54) is 38.5 Å². The number of rotatable bonds is 8. The maximum Gasteiger partial charge on any atom is 0.500 e. The lowest BCUT2D eigenvalue weighted by molar-refractivity contribution is -0.151. The van der Waals surface area contributed by atoms with Gasteiger partial charge in [-0.25, -0.2) is 0 Å². The minimum absolute atomic E-state index is 0.209. The van der Waals surface area contributed by atoms with E-state index in [0.717, 1.165) is 25.3 Å². The first-order valence-electron chi connectivity index (χ1n) is 12.4. The smallest absolute Gasteiger partial charge is 0.377 e. The first-order valence-corrected chi connectivity index (χ1v) is 14.3. The molecule has 170 valence electrons. The van der Waals surface area contributed by atoms with Crippen LogP contribution < -0.4 is 0 Å². The van der Waals surface area contributed by atoms with Crippen LogP contribution in [0.15, 0.2) is 0 Å². The lowest BCUT2D eigenvalue weighted by Crippen LogP contribution is -2.63. The summed E-state index contributed by atoms with van der Waals surface area (Å²) in [5.74, 6) is 1.52. The molecule has 3 aliphatic carbocycles. The van der Waals surface area contributed by atoms with Crippen molar-refractivity contribution in [1.29, 1.82) is 0 Å². The summed E-state index contributed by atoms with van der Waals surface area (Å²) in [4.78, 5) is 0. The number of epoxide rings is 3. The highest BCUT2D eigenvalue weighted by atomic mass is 28.4. The van der Waals surface area contributed by atoms with E-state index in [2.05, 4.69) is 6.92 Å². The summed E-state index contributed by atoms with van der Waals surface area (Å²) >= 11 is 0. The summed E-state index contributed by atoms with van der Waals surface area (Å²) in [5, 5.41) is 0. The predicted molar refractivity (Wildman–Crippen MR) is 112 cm³/mol. The molecule has 3 aliphatic heterocycles. The van der Waals surface area contributed by atoms with E-state index in [9.17, 15) is 0 Å². The highest BCUT2D eigenvalue weighted by Gasteiger charge is 2.64. The van der Waals surface area contributed by atoms with Gasteiger partial charge in [0.05, 0.1) is 42.2 Å². The van der Waals surface area contributed by atoms with Crippen LogP contribution in [0.1, 0.15) is 64.7 Å². The van der Waals surface area contributed by atoms with Crippen molar-refractivity contribution in [2.45, 2.75) is 113 Å². The van der Waals surface area contributed by atoms with Crippen molar-refractivity contribution >= 4 is 8.80 Å². The molecular formula is C23H38O6Si. The number of fused-ring (bicyclic) bond motifs is 3. The molecule has 6 nitrogen and oxygen atoms in total. The van der Waals surface area contributed by atoms with E-state index < -0.39 is 8.80 Å². The Kier molecular flexibility index (Phi) is 5.15. The summed E-state index contributed by atoms with van der Waals surface area (Å²) < 4.78 is 37.5. The highest BCUT2D eigenvalue weighted by Crippen LogP contribution is 2.59. The van der Waals surface area contributed by atoms with Crippen LogP contribution in [-0.2, 0) is 27.5 Å². The van der Waals surface area contributed by atoms with Gasteiger partial charge >= 0.3 is 8.80 Å². The lowest BCUT2D eigenvalue weighted by atomic mass is 9.58. The van der Waals surface area contributed by atoms with Crippen molar-refractivity contribution in [2.75, 3.05) is 14.2 Å². The fourth-order valence-corrected chi connectivity index (χ4v) is 9.58. The maximum atomic E-state index is 7.42. The zero-order chi connectivity index (χ0) is 20.5. The number of ether oxygens (including phenoxy) is 3. The van der Waals surface area contributed by atoms with Gasteiger partial charge in [-0.15, -0.1) is 0 Å². The van der Waals surface area contributed by atoms with Gasteiger partial charge in [-0.2, -0.15) is 0 Å². The quantitative estimate of drug-likeness (QED) is 0.425. The largest absolute Gasteiger partial charge is 0.500 e. The summed E-state index contributed by atoms with van der Waals surface area (Å²) in [7, 11) is 0.816. The zero-order valence-electron chi connectivity index (χ0n) is 18.7. The van der Waals surface area contributed by atoms with E-state index in [0.29, 0.717) is 54.4 Å². The topological polar surface area (TPSA) is 65.3 Å². The monoisotopic (exact) mass is 438 g/mol. The molecule has 0 radical (unpaired) electrons. The van der Waals surface area contributed by atoms with Crippen LogP contribution in [0.4, 0.5) is 0 Å². The maximum absolute atomic E-state index is 7.42. The van der Waals surface area contributed by atoms with Crippen LogP contribution in [0.25, 0.3) is 0 Å². The molecule has 6 aliphatic rings. The van der Waals surface area contributed by atoms with Gasteiger partial charge in [0.15, 0.2) is 0 Å². The van der Waals surface area contributed by atoms with Crippen molar-refractivity contribution in [3.8, 4) is 0 Å². The van der Waals surface area contributed by atoms with E-state index in [4.69, 9.17) is 27.5 Å². The molecule has 6 fully saturated rings. The zero-order valence-corrected chi connectivity index (χ0v) is 19.7. The minimum atomic E-state index is -2.75. The molecule has 9 unspecified atom stereocenters. The second-order valence-electron chi connectivity index (χ2n) is 10.6. The summed E-state index contributed by atoms with van der Waals surface area (Å²) in [6.45, 7) is 2.16. The summed E-state index contributed by atoms with van der Waals surface area (Å²) in [6.07, 6.45) is 13.3. The van der Waals surface area contributed by atoms with Crippen LogP contribution in [0.3, 0.4) is 0 Å². The molecule has 9 atom stereocenters. The normalized spacial score (nSPS) is 48.7. The van der Waals surface area contributed by atoms with Crippen molar-refractivity contribution < 1.29 is 27.5 Å². The Morgan fingerprint density at radius 3 is 1.37 bits per heavy atom. The third-order valence-corrected chi connectivity index (χ3v) is 12.1. The fourth-order valence-electron chi connectivity index (χ4n) is 7.49. The standard InChI is InChI=1S/C23H38O6Si/c1-4-30(24-2,25-3)29-23(14-5-8-17-20(11-14)26-17,15-6-9-18-21(12-15)27-18)16-7-10-19-22(13-16)28-19/h14-22H,4-13H2,1-3H3. The first kappa shape index (κ1) is 20.6. The molecule has 0 spiro atoms. The van der Waals surface area contributed by atoms with E-state index >= 15 is 0 Å². The molecular weight excluding hydrogens is 400 g/mol. The second kappa shape index (κ2) is 7.50. The van der Waals surface area contributed by atoms with Gasteiger partial charge in [0, 0.05) is 20.3 Å². The van der Waals surface area contributed by atoms with Gasteiger partial charge < -0.3 is 27.5 Å². The first-order chi connectivity index (χ1) is 14.6. The number of hydrogen-bond acceptors (Lipinski definition) is 6. The second-order valence-corrected chi connectivity index (χ2v) is 13.7. The average molecular weight is 439 g/mol. The minimum Gasteiger partial charge on any atom is -0.377 e. The Hall–Kier alpha value is -0.0231. The van der Waals surface area contributed by atoms with Crippen molar-refractivity contribution in [3.63, 3.8) is 0 Å². The van der Waals surface area contributed by atoms with Gasteiger partial charge in [0.2, 0.25) is 0 Å². The van der Waals surface area contributed by atoms with Gasteiger partial charge in [-0.3, -0.25) is 0 Å². The third kappa shape index (κ3) is 3.35. The molecule has 0 N–H and O–H groups in total. The number of hydrogen-bond donors (Lipinski definition) is 0. The Balaban J connectivity index is 1.39. The molecule has 0 aromatic rings. The summed E-state index contributed by atoms with van der Waals surface area (Å²) in [6, 6.07) is 0.807. The molecule has 0 aromatic heterocycles. The third-order valence-electron chi connectivity index (χ3n) is 9.31. The van der Waals surface area contributed by atoms with E-state index in [1.54, 1.807) is 14.2 Å². The van der Waals surface area contributed by atoms with Crippen LogP contribution >= 0.6 is 0 Å². The Morgan fingerprint density at radius 1 is 0.667 bits per heavy atom. The van der Waals surface area contributed by atoms with E-state index in [1.807, 2.05) is 0 Å². The summed E-state index contributed by atoms with van der Waals surface area (Å²) in [5.41, 5.74) is -0.209. The highest BCUT2D eigenvalue weighted by molar-refractivity contribution is 6.60. The molecule has 0 amide bonds. The molecule has 3 saturated heterocycles. The molecule has 0 bridgehead atoms. The molecule has 0 aromatic carbocycles. The van der Waals surface area contributed by atoms with Crippen LogP contribution in [0.2, 0.25) is 6.04 Å². The van der Waals surface area contributed by atoms with Gasteiger partial charge in [-0.05, 0) is 75.5 Å². The SMILES string of the molecule is CC[Si](OC)(OC)OC(C1CCC2OC2C1)(C1CCC2OC2C1)C1CCC2OC2C1. The van der Waals surface area contributed by atoms with Crippen LogP contribution in [-0.4, -0.2) is 65.2 Å². The molecule has 6 rings (SSSR count). The van der Waals surface area contributed by atoms with Gasteiger partial charge in [0.1, 0.15) is 0 Å². The Bertz CT molecular complexity index is 578.